The van der Waals surface area contributed by atoms with Gasteiger partial charge in [-0.25, -0.2) is 4.79 Å². The van der Waals surface area contributed by atoms with Gasteiger partial charge in [0.05, 0.1) is 10.2 Å². The third-order valence-corrected chi connectivity index (χ3v) is 6.10. The number of nitrogens with zero attached hydrogens (tertiary/aromatic N) is 2. The smallest absolute Gasteiger partial charge is 0.295 e. The number of hydrogen-bond donors (Lipinski definition) is 1. The van der Waals surface area contributed by atoms with E-state index in [-0.39, 0.29) is 11.1 Å². The average molecular weight is 345 g/mol. The number of thiol groups is 1. The van der Waals surface area contributed by atoms with Crippen LogP contribution in [-0.2, 0) is 6.54 Å². The molecule has 2 rings (SSSR count). The van der Waals surface area contributed by atoms with Crippen molar-refractivity contribution in [1.82, 2.24) is 9.55 Å². The van der Waals surface area contributed by atoms with Crippen molar-refractivity contribution in [3.05, 3.63) is 26.3 Å². The van der Waals surface area contributed by atoms with E-state index in [0.717, 1.165) is 41.0 Å². The highest BCUT2D eigenvalue weighted by Gasteiger charge is 2.32. The van der Waals surface area contributed by atoms with Gasteiger partial charge in [-0.2, -0.15) is 17.6 Å². The molecule has 1 aromatic heterocycles. The Morgan fingerprint density at radius 1 is 1.32 bits per heavy atom. The Hall–Kier alpha value is -0.290. The van der Waals surface area contributed by atoms with Crippen LogP contribution in [0.5, 0.6) is 0 Å². The van der Waals surface area contributed by atoms with Crippen LogP contribution in [0.15, 0.2) is 9.27 Å². The Morgan fingerprint density at radius 2 is 1.95 bits per heavy atom. The highest BCUT2D eigenvalue weighted by Crippen LogP contribution is 2.39. The summed E-state index contributed by atoms with van der Waals surface area (Å²) >= 11 is 8.07. The zero-order chi connectivity index (χ0) is 14.0. The lowest BCUT2D eigenvalue weighted by molar-refractivity contribution is 0.185. The van der Waals surface area contributed by atoms with Crippen molar-refractivity contribution in [3.8, 4) is 0 Å². The fraction of sp³-hybridized carbons (Fsp3) is 0.714. The van der Waals surface area contributed by atoms with Gasteiger partial charge in [-0.3, -0.25) is 4.57 Å². The predicted octanol–water partition coefficient (Wildman–Crippen LogP) is 3.50. The largest absolute Gasteiger partial charge is 0.348 e. The van der Waals surface area contributed by atoms with Crippen molar-refractivity contribution in [2.45, 2.75) is 52.5 Å². The molecule has 19 heavy (non-hydrogen) atoms. The number of halogens is 1. The molecule has 0 N–H and O–H groups in total. The van der Waals surface area contributed by atoms with Crippen LogP contribution in [-0.4, -0.2) is 15.3 Å². The molecule has 5 heteroatoms. The summed E-state index contributed by atoms with van der Waals surface area (Å²) in [6, 6.07) is 0. The van der Waals surface area contributed by atoms with Gasteiger partial charge in [-0.1, -0.05) is 19.3 Å². The number of aromatic nitrogens is 2. The predicted molar refractivity (Wildman–Crippen MR) is 85.0 cm³/mol. The second-order valence-electron chi connectivity index (χ2n) is 5.68. The summed E-state index contributed by atoms with van der Waals surface area (Å²) in [7, 11) is 0. The Labute approximate surface area is 128 Å². The van der Waals surface area contributed by atoms with Gasteiger partial charge in [0.15, 0.2) is 0 Å². The van der Waals surface area contributed by atoms with Crippen molar-refractivity contribution in [2.24, 2.45) is 5.41 Å². The number of aryl methyl sites for hydroxylation is 1. The number of hydrogen-bond acceptors (Lipinski definition) is 3. The van der Waals surface area contributed by atoms with Crippen molar-refractivity contribution >= 4 is 28.6 Å². The minimum absolute atomic E-state index is 0.134. The molecule has 1 aliphatic carbocycles. The Balaban J connectivity index is 2.37. The summed E-state index contributed by atoms with van der Waals surface area (Å²) in [5.74, 6) is 0.838. The lowest BCUT2D eigenvalue weighted by Crippen LogP contribution is -2.37. The normalized spacial score (nSPS) is 18.5. The first-order chi connectivity index (χ1) is 8.99. The quantitative estimate of drug-likeness (QED) is 0.851. The van der Waals surface area contributed by atoms with E-state index in [1.807, 2.05) is 18.4 Å². The molecule has 1 aliphatic rings. The molecule has 106 valence electrons. The van der Waals surface area contributed by atoms with E-state index in [2.05, 4.69) is 33.5 Å². The van der Waals surface area contributed by atoms with Crippen LogP contribution in [0, 0.1) is 19.3 Å². The van der Waals surface area contributed by atoms with Gasteiger partial charge in [0.2, 0.25) is 0 Å². The van der Waals surface area contributed by atoms with Gasteiger partial charge in [0.1, 0.15) is 0 Å². The summed E-state index contributed by atoms with van der Waals surface area (Å²) in [5, 5.41) is 0. The first-order valence-electron chi connectivity index (χ1n) is 6.83. The molecule has 1 heterocycles. The molecule has 1 aromatic rings. The van der Waals surface area contributed by atoms with Crippen LogP contribution in [0.2, 0.25) is 0 Å². The van der Waals surface area contributed by atoms with E-state index < -0.39 is 0 Å². The third kappa shape index (κ3) is 3.07. The summed E-state index contributed by atoms with van der Waals surface area (Å²) in [6.45, 7) is 4.58. The van der Waals surface area contributed by atoms with Gasteiger partial charge in [0.25, 0.3) is 0 Å². The molecule has 0 amide bonds. The van der Waals surface area contributed by atoms with E-state index in [0.29, 0.717) is 0 Å². The SMILES string of the molecule is Cc1nc(=O)n(CC2(CS)CCCCC2)c(C)c1Br. The van der Waals surface area contributed by atoms with Crippen molar-refractivity contribution in [2.75, 3.05) is 5.75 Å². The second-order valence-corrected chi connectivity index (χ2v) is 6.79. The highest BCUT2D eigenvalue weighted by molar-refractivity contribution is 9.10. The van der Waals surface area contributed by atoms with Crippen molar-refractivity contribution in [3.63, 3.8) is 0 Å². The summed E-state index contributed by atoms with van der Waals surface area (Å²) in [5.41, 5.74) is 1.77. The van der Waals surface area contributed by atoms with E-state index >= 15 is 0 Å². The molecular weight excluding hydrogens is 324 g/mol. The Kier molecular flexibility index (Phi) is 4.77. The molecule has 0 aromatic carbocycles. The molecule has 0 atom stereocenters. The van der Waals surface area contributed by atoms with Crippen molar-refractivity contribution in [1.29, 1.82) is 0 Å². The summed E-state index contributed by atoms with van der Waals surface area (Å²) in [4.78, 5) is 16.3. The summed E-state index contributed by atoms with van der Waals surface area (Å²) < 4.78 is 2.76. The maximum absolute atomic E-state index is 12.2. The van der Waals surface area contributed by atoms with E-state index in [9.17, 15) is 4.79 Å². The van der Waals surface area contributed by atoms with Gasteiger partial charge < -0.3 is 0 Å². The van der Waals surface area contributed by atoms with Crippen molar-refractivity contribution < 1.29 is 0 Å². The zero-order valence-corrected chi connectivity index (χ0v) is 14.1. The standard InChI is InChI=1S/C14H21BrN2OS/c1-10-12(15)11(2)17(13(18)16-10)8-14(9-19)6-4-3-5-7-14/h19H,3-9H2,1-2H3. The number of rotatable bonds is 3. The second kappa shape index (κ2) is 6.00. The van der Waals surface area contributed by atoms with Gasteiger partial charge in [-0.15, -0.1) is 0 Å². The zero-order valence-electron chi connectivity index (χ0n) is 11.6. The maximum atomic E-state index is 12.2. The molecule has 3 nitrogen and oxygen atoms in total. The molecule has 1 fully saturated rings. The van der Waals surface area contributed by atoms with Gasteiger partial charge in [0, 0.05) is 12.2 Å². The van der Waals surface area contributed by atoms with Crippen LogP contribution in [0.3, 0.4) is 0 Å². The summed E-state index contributed by atoms with van der Waals surface area (Å²) in [6.07, 6.45) is 6.12. The van der Waals surface area contributed by atoms with Gasteiger partial charge in [-0.05, 0) is 53.8 Å². The fourth-order valence-corrected chi connectivity index (χ4v) is 3.69. The van der Waals surface area contributed by atoms with E-state index in [1.54, 1.807) is 0 Å². The first kappa shape index (κ1) is 15.1. The monoisotopic (exact) mass is 344 g/mol. The van der Waals surface area contributed by atoms with Crippen LogP contribution in [0.4, 0.5) is 0 Å². The van der Waals surface area contributed by atoms with Crippen LogP contribution >= 0.6 is 28.6 Å². The minimum atomic E-state index is -0.134. The topological polar surface area (TPSA) is 34.9 Å². The lowest BCUT2D eigenvalue weighted by atomic mass is 9.75. The first-order valence-corrected chi connectivity index (χ1v) is 8.26. The third-order valence-electron chi connectivity index (χ3n) is 4.28. The lowest BCUT2D eigenvalue weighted by Gasteiger charge is -2.37. The fourth-order valence-electron chi connectivity index (χ4n) is 2.97. The molecular formula is C14H21BrN2OS. The van der Waals surface area contributed by atoms with Gasteiger partial charge >= 0.3 is 5.69 Å². The van der Waals surface area contributed by atoms with Crippen LogP contribution in [0.25, 0.3) is 0 Å². The average Bonchev–Trinajstić information content (AvgIpc) is 2.42. The molecule has 1 saturated carbocycles. The molecule has 0 aliphatic heterocycles. The molecule has 0 bridgehead atoms. The van der Waals surface area contributed by atoms with Crippen LogP contribution < -0.4 is 5.69 Å². The minimum Gasteiger partial charge on any atom is -0.295 e. The highest BCUT2D eigenvalue weighted by atomic mass is 79.9. The Morgan fingerprint density at radius 3 is 2.53 bits per heavy atom. The van der Waals surface area contributed by atoms with E-state index in [4.69, 9.17) is 0 Å². The maximum Gasteiger partial charge on any atom is 0.348 e. The molecule has 0 radical (unpaired) electrons. The van der Waals surface area contributed by atoms with Crippen LogP contribution in [0.1, 0.15) is 43.5 Å². The molecule has 0 spiro atoms. The molecule has 0 saturated heterocycles. The molecule has 0 unspecified atom stereocenters. The van der Waals surface area contributed by atoms with E-state index in [1.165, 1.54) is 19.3 Å². The Bertz CT molecular complexity index is 521.